The van der Waals surface area contributed by atoms with Gasteiger partial charge in [0.25, 0.3) is 5.91 Å². The summed E-state index contributed by atoms with van der Waals surface area (Å²) in [5.74, 6) is 5.44. The Bertz CT molecular complexity index is 1190. The summed E-state index contributed by atoms with van der Waals surface area (Å²) in [4.78, 5) is 13.9. The van der Waals surface area contributed by atoms with E-state index in [1.54, 1.807) is 19.9 Å². The molecule has 4 rings (SSSR count). The lowest BCUT2D eigenvalue weighted by Gasteiger charge is -2.49. The van der Waals surface area contributed by atoms with Gasteiger partial charge in [0.2, 0.25) is 10.0 Å². The van der Waals surface area contributed by atoms with Gasteiger partial charge in [-0.2, -0.15) is 18.3 Å². The maximum absolute atomic E-state index is 13.7. The predicted molar refractivity (Wildman–Crippen MR) is 128 cm³/mol. The fourth-order valence-corrected chi connectivity index (χ4v) is 5.87. The fraction of sp³-hybridized carbons (Fsp3) is 0.609. The van der Waals surface area contributed by atoms with Crippen LogP contribution in [0.2, 0.25) is 0 Å². The molecular weight excluding hydrogens is 499 g/mol. The van der Waals surface area contributed by atoms with Gasteiger partial charge in [-0.3, -0.25) is 20.4 Å². The molecule has 9 nitrogen and oxygen atoms in total. The molecule has 200 valence electrons. The van der Waals surface area contributed by atoms with Crippen LogP contribution in [0.4, 0.5) is 18.9 Å². The monoisotopic (exact) mass is 531 g/mol. The summed E-state index contributed by atoms with van der Waals surface area (Å²) in [6.45, 7) is 4.95. The summed E-state index contributed by atoms with van der Waals surface area (Å²) >= 11 is 0. The van der Waals surface area contributed by atoms with Crippen LogP contribution in [0.25, 0.3) is 5.70 Å². The molecule has 1 atom stereocenters. The third kappa shape index (κ3) is 4.93. The van der Waals surface area contributed by atoms with Gasteiger partial charge in [0.1, 0.15) is 6.04 Å². The fourth-order valence-electron chi connectivity index (χ4n) is 5.31. The molecule has 4 N–H and O–H groups in total. The number of sulfonamides is 1. The van der Waals surface area contributed by atoms with Crippen molar-refractivity contribution in [2.24, 2.45) is 11.8 Å². The van der Waals surface area contributed by atoms with Crippen molar-refractivity contribution in [3.63, 3.8) is 0 Å². The van der Waals surface area contributed by atoms with Gasteiger partial charge in [0.15, 0.2) is 0 Å². The Hall–Kier alpha value is -2.35. The smallest absolute Gasteiger partial charge is 0.390 e. The van der Waals surface area contributed by atoms with E-state index in [0.29, 0.717) is 36.2 Å². The summed E-state index contributed by atoms with van der Waals surface area (Å²) in [6, 6.07) is 1.11. The Morgan fingerprint density at radius 3 is 2.42 bits per heavy atom. The first-order valence-corrected chi connectivity index (χ1v) is 13.7. The van der Waals surface area contributed by atoms with E-state index in [1.807, 2.05) is 11.1 Å². The Morgan fingerprint density at radius 2 is 1.89 bits per heavy atom. The van der Waals surface area contributed by atoms with Crippen LogP contribution in [0.5, 0.6) is 0 Å². The number of hydrogen-bond acceptors (Lipinski definition) is 7. The van der Waals surface area contributed by atoms with Crippen LogP contribution in [-0.4, -0.2) is 71.1 Å². The molecule has 3 aliphatic rings. The maximum Gasteiger partial charge on any atom is 0.408 e. The SMILES string of the molecule is CCC(N1Cc2cc(C3=CCN(N)N3[C@H]3C[C@H](C(C)(C)O)C3)cc(NS(C)(=O)=O)c2C1=O)C(F)(F)F. The number of carbonyl (C=O) groups is 1. The molecule has 0 radical (unpaired) electrons. The number of alkyl halides is 3. The van der Waals surface area contributed by atoms with Crippen molar-refractivity contribution in [1.29, 1.82) is 0 Å². The number of nitrogens with zero attached hydrogens (tertiary/aromatic N) is 3. The molecule has 1 unspecified atom stereocenters. The van der Waals surface area contributed by atoms with Crippen LogP contribution in [0.3, 0.4) is 0 Å². The van der Waals surface area contributed by atoms with Gasteiger partial charge in [-0.05, 0) is 62.8 Å². The number of hydrazine groups is 2. The highest BCUT2D eigenvalue weighted by atomic mass is 32.2. The summed E-state index contributed by atoms with van der Waals surface area (Å²) in [5, 5.41) is 13.7. The molecule has 0 spiro atoms. The zero-order valence-electron chi connectivity index (χ0n) is 20.6. The van der Waals surface area contributed by atoms with Crippen molar-refractivity contribution < 1.29 is 31.5 Å². The Balaban J connectivity index is 1.72. The molecule has 1 aromatic carbocycles. The van der Waals surface area contributed by atoms with E-state index in [-0.39, 0.29) is 36.2 Å². The number of amides is 1. The largest absolute Gasteiger partial charge is 0.408 e. The van der Waals surface area contributed by atoms with Crippen molar-refractivity contribution in [2.45, 2.75) is 70.4 Å². The lowest BCUT2D eigenvalue weighted by atomic mass is 9.71. The molecule has 36 heavy (non-hydrogen) atoms. The summed E-state index contributed by atoms with van der Waals surface area (Å²) in [5.41, 5.74) is 0.545. The second-order valence-electron chi connectivity index (χ2n) is 10.4. The topological polar surface area (TPSA) is 119 Å². The van der Waals surface area contributed by atoms with Crippen molar-refractivity contribution in [3.8, 4) is 0 Å². The van der Waals surface area contributed by atoms with E-state index in [2.05, 4.69) is 4.72 Å². The molecule has 2 heterocycles. The second-order valence-corrected chi connectivity index (χ2v) is 12.1. The summed E-state index contributed by atoms with van der Waals surface area (Å²) in [6.07, 6.45) is -0.806. The van der Waals surface area contributed by atoms with E-state index < -0.39 is 33.7 Å². The number of benzene rings is 1. The number of fused-ring (bicyclic) bond motifs is 1. The van der Waals surface area contributed by atoms with Gasteiger partial charge in [-0.15, -0.1) is 0 Å². The van der Waals surface area contributed by atoms with E-state index in [9.17, 15) is 31.5 Å². The van der Waals surface area contributed by atoms with Crippen LogP contribution < -0.4 is 10.6 Å². The summed E-state index contributed by atoms with van der Waals surface area (Å²) < 4.78 is 67.5. The molecule has 1 amide bonds. The van der Waals surface area contributed by atoms with Crippen LogP contribution in [0, 0.1) is 5.92 Å². The number of anilines is 1. The highest BCUT2D eigenvalue weighted by Crippen LogP contribution is 2.45. The second kappa shape index (κ2) is 8.89. The minimum Gasteiger partial charge on any atom is -0.390 e. The first-order chi connectivity index (χ1) is 16.5. The van der Waals surface area contributed by atoms with Gasteiger partial charge < -0.3 is 10.0 Å². The van der Waals surface area contributed by atoms with Crippen molar-refractivity contribution >= 4 is 27.3 Å². The van der Waals surface area contributed by atoms with Crippen molar-refractivity contribution in [3.05, 3.63) is 34.9 Å². The molecule has 1 fully saturated rings. The minimum absolute atomic E-state index is 0.00687. The summed E-state index contributed by atoms with van der Waals surface area (Å²) in [7, 11) is -3.83. The lowest BCUT2D eigenvalue weighted by molar-refractivity contribution is -0.177. The number of rotatable bonds is 7. The number of carbonyl (C=O) groups excluding carboxylic acids is 1. The van der Waals surface area contributed by atoms with Crippen LogP contribution in [0.1, 0.15) is 61.5 Å². The van der Waals surface area contributed by atoms with E-state index in [4.69, 9.17) is 5.84 Å². The maximum atomic E-state index is 13.7. The van der Waals surface area contributed by atoms with Crippen LogP contribution in [-0.2, 0) is 16.6 Å². The Labute approximate surface area is 208 Å². The van der Waals surface area contributed by atoms with Gasteiger partial charge in [0.05, 0.1) is 35.3 Å². The zero-order valence-corrected chi connectivity index (χ0v) is 21.4. The van der Waals surface area contributed by atoms with Crippen LogP contribution in [0.15, 0.2) is 18.2 Å². The third-order valence-corrected chi connectivity index (χ3v) is 7.81. The molecule has 13 heteroatoms. The molecule has 2 aliphatic heterocycles. The van der Waals surface area contributed by atoms with E-state index in [1.165, 1.54) is 18.1 Å². The van der Waals surface area contributed by atoms with Crippen molar-refractivity contribution in [1.82, 2.24) is 15.0 Å². The molecule has 1 aromatic rings. The number of aliphatic hydroxyl groups is 1. The average Bonchev–Trinajstić information content (AvgIpc) is 3.19. The molecule has 0 saturated heterocycles. The van der Waals surface area contributed by atoms with Crippen molar-refractivity contribution in [2.75, 3.05) is 17.5 Å². The molecule has 0 aromatic heterocycles. The molecule has 0 bridgehead atoms. The van der Waals surface area contributed by atoms with Crippen LogP contribution >= 0.6 is 0 Å². The van der Waals surface area contributed by atoms with Gasteiger partial charge >= 0.3 is 6.18 Å². The molecular formula is C23H32F3N5O4S. The number of halogens is 3. The Morgan fingerprint density at radius 1 is 1.25 bits per heavy atom. The standard InChI is InChI=1S/C23H32F3N5O4S/c1-5-19(23(24,25)26)29-12-14-8-13(9-17(20(14)21(29)32)28-36(4,34)35)18-6-7-30(27)31(18)16-10-15(11-16)22(2,3)33/h6,8-9,15-16,19,28,33H,5,7,10-12,27H2,1-4H3/t15-,16-,19?. The normalized spacial score (nSPS) is 24.0. The zero-order chi connectivity index (χ0) is 26.8. The Kier molecular flexibility index (Phi) is 6.60. The highest BCUT2D eigenvalue weighted by molar-refractivity contribution is 7.92. The van der Waals surface area contributed by atoms with Gasteiger partial charge in [0, 0.05) is 18.2 Å². The van der Waals surface area contributed by atoms with Gasteiger partial charge in [-0.1, -0.05) is 6.92 Å². The molecule has 1 aliphatic carbocycles. The van der Waals surface area contributed by atoms with E-state index >= 15 is 0 Å². The quantitative estimate of drug-likeness (QED) is 0.463. The lowest BCUT2D eigenvalue weighted by Crippen LogP contribution is -2.56. The third-order valence-electron chi connectivity index (χ3n) is 7.22. The average molecular weight is 532 g/mol. The molecule has 1 saturated carbocycles. The highest BCUT2D eigenvalue weighted by Gasteiger charge is 2.48. The number of hydrogen-bond donors (Lipinski definition) is 3. The minimum atomic E-state index is -4.62. The number of nitrogens with two attached hydrogens (primary N) is 1. The van der Waals surface area contributed by atoms with Gasteiger partial charge in [-0.25, -0.2) is 8.42 Å². The predicted octanol–water partition coefficient (Wildman–Crippen LogP) is 2.65. The first kappa shape index (κ1) is 26.7. The number of nitrogens with one attached hydrogen (secondary N) is 1. The first-order valence-electron chi connectivity index (χ1n) is 11.8. The van der Waals surface area contributed by atoms with E-state index in [0.717, 1.165) is 11.2 Å².